The molecule has 2 aromatic rings. The Hall–Kier alpha value is -1.86. The molecule has 0 aromatic heterocycles. The summed E-state index contributed by atoms with van der Waals surface area (Å²) in [5.74, 6) is -0.364. The van der Waals surface area contributed by atoms with E-state index in [-0.39, 0.29) is 5.91 Å². The van der Waals surface area contributed by atoms with Gasteiger partial charge in [-0.05, 0) is 55.7 Å². The van der Waals surface area contributed by atoms with Gasteiger partial charge in [-0.3, -0.25) is 9.10 Å². The van der Waals surface area contributed by atoms with Gasteiger partial charge in [-0.1, -0.05) is 41.1 Å². The van der Waals surface area contributed by atoms with E-state index in [1.165, 1.54) is 4.31 Å². The fraction of sp³-hybridized carbons (Fsp3) is 0.316. The maximum absolute atomic E-state index is 12.9. The molecule has 2 aromatic carbocycles. The molecule has 0 aliphatic heterocycles. The fourth-order valence-electron chi connectivity index (χ4n) is 2.78. The lowest BCUT2D eigenvalue weighted by Crippen LogP contribution is -2.47. The van der Waals surface area contributed by atoms with Crippen molar-refractivity contribution >= 4 is 43.2 Å². The highest BCUT2D eigenvalue weighted by Crippen LogP contribution is 2.28. The van der Waals surface area contributed by atoms with Crippen molar-refractivity contribution in [1.82, 2.24) is 0 Å². The van der Waals surface area contributed by atoms with Gasteiger partial charge in [-0.25, -0.2) is 8.42 Å². The molecule has 1 atom stereocenters. The molecule has 140 valence electrons. The van der Waals surface area contributed by atoms with Gasteiger partial charge in [-0.2, -0.15) is 0 Å². The topological polar surface area (TPSA) is 66.5 Å². The van der Waals surface area contributed by atoms with Crippen molar-refractivity contribution in [2.75, 3.05) is 15.9 Å². The maximum atomic E-state index is 12.9. The zero-order valence-electron chi connectivity index (χ0n) is 15.3. The Morgan fingerprint density at radius 3 is 2.46 bits per heavy atom. The number of carbonyl (C=O) groups excluding carboxylic acids is 1. The average Bonchev–Trinajstić information content (AvgIpc) is 2.53. The molecule has 0 fully saturated rings. The number of rotatable bonds is 6. The van der Waals surface area contributed by atoms with Crippen molar-refractivity contribution in [2.45, 2.75) is 33.2 Å². The van der Waals surface area contributed by atoms with Crippen LogP contribution in [0.3, 0.4) is 0 Å². The first kappa shape index (κ1) is 20.5. The number of anilines is 2. The van der Waals surface area contributed by atoms with E-state index >= 15 is 0 Å². The molecule has 1 amide bonds. The van der Waals surface area contributed by atoms with Gasteiger partial charge in [0.2, 0.25) is 15.9 Å². The summed E-state index contributed by atoms with van der Waals surface area (Å²) in [4.78, 5) is 12.9. The van der Waals surface area contributed by atoms with Gasteiger partial charge in [0.1, 0.15) is 6.04 Å². The fourth-order valence-corrected chi connectivity index (χ4v) is 4.44. The molecular formula is C19H23BrN2O3S. The van der Waals surface area contributed by atoms with Gasteiger partial charge in [0, 0.05) is 10.2 Å². The Labute approximate surface area is 163 Å². The molecule has 5 nitrogen and oxygen atoms in total. The van der Waals surface area contributed by atoms with E-state index < -0.39 is 16.1 Å². The summed E-state index contributed by atoms with van der Waals surface area (Å²) in [6, 6.07) is 11.9. The Morgan fingerprint density at radius 2 is 1.88 bits per heavy atom. The van der Waals surface area contributed by atoms with Crippen LogP contribution in [0, 0.1) is 13.8 Å². The van der Waals surface area contributed by atoms with Crippen molar-refractivity contribution in [3.63, 3.8) is 0 Å². The van der Waals surface area contributed by atoms with Crippen LogP contribution in [-0.2, 0) is 14.8 Å². The van der Waals surface area contributed by atoms with E-state index in [4.69, 9.17) is 0 Å². The number of nitrogens with zero attached hydrogens (tertiary/aromatic N) is 1. The van der Waals surface area contributed by atoms with Crippen LogP contribution < -0.4 is 9.62 Å². The number of amides is 1. The van der Waals surface area contributed by atoms with Crippen LogP contribution in [0.15, 0.2) is 46.9 Å². The molecule has 2 rings (SSSR count). The first-order valence-corrected chi connectivity index (χ1v) is 10.9. The second kappa shape index (κ2) is 8.22. The Balaban J connectivity index is 2.44. The van der Waals surface area contributed by atoms with Crippen molar-refractivity contribution in [2.24, 2.45) is 0 Å². The summed E-state index contributed by atoms with van der Waals surface area (Å²) in [5, 5.41) is 2.82. The molecule has 0 unspecified atom stereocenters. The van der Waals surface area contributed by atoms with E-state index in [1.54, 1.807) is 31.2 Å². The molecule has 26 heavy (non-hydrogen) atoms. The summed E-state index contributed by atoms with van der Waals surface area (Å²) in [7, 11) is -3.65. The minimum atomic E-state index is -3.65. The SMILES string of the molecule is CC[C@H](C(=O)Nc1cccc(Br)c1)N(c1cc(C)ccc1C)S(C)(=O)=O. The van der Waals surface area contributed by atoms with E-state index in [1.807, 2.05) is 32.0 Å². The number of hydrogen-bond donors (Lipinski definition) is 1. The number of hydrogen-bond acceptors (Lipinski definition) is 3. The lowest BCUT2D eigenvalue weighted by molar-refractivity contribution is -0.117. The number of benzene rings is 2. The van der Waals surface area contributed by atoms with Crippen LogP contribution in [0.25, 0.3) is 0 Å². The predicted octanol–water partition coefficient (Wildman–Crippen LogP) is 4.25. The summed E-state index contributed by atoms with van der Waals surface area (Å²) >= 11 is 3.36. The van der Waals surface area contributed by atoms with Crippen LogP contribution in [0.2, 0.25) is 0 Å². The van der Waals surface area contributed by atoms with Gasteiger partial charge in [-0.15, -0.1) is 0 Å². The lowest BCUT2D eigenvalue weighted by atomic mass is 10.1. The van der Waals surface area contributed by atoms with E-state index in [0.717, 1.165) is 21.9 Å². The largest absolute Gasteiger partial charge is 0.324 e. The molecule has 0 radical (unpaired) electrons. The van der Waals surface area contributed by atoms with Gasteiger partial charge in [0.05, 0.1) is 11.9 Å². The summed E-state index contributed by atoms with van der Waals surface area (Å²) in [6.45, 7) is 5.53. The van der Waals surface area contributed by atoms with Crippen LogP contribution in [0.1, 0.15) is 24.5 Å². The van der Waals surface area contributed by atoms with Crippen molar-refractivity contribution < 1.29 is 13.2 Å². The predicted molar refractivity (Wildman–Crippen MR) is 110 cm³/mol. The molecule has 1 N–H and O–H groups in total. The molecule has 0 aliphatic carbocycles. The Morgan fingerprint density at radius 1 is 1.19 bits per heavy atom. The second-order valence-corrected chi connectivity index (χ2v) is 9.05. The highest BCUT2D eigenvalue weighted by molar-refractivity contribution is 9.10. The Bertz CT molecular complexity index is 913. The molecule has 0 bridgehead atoms. The standard InChI is InChI=1S/C19H23BrN2O3S/c1-5-17(19(23)21-16-8-6-7-15(20)12-16)22(26(4,24)25)18-11-13(2)9-10-14(18)3/h6-12,17H,5H2,1-4H3,(H,21,23)/t17-/m1/s1. The molecule has 7 heteroatoms. The maximum Gasteiger partial charge on any atom is 0.248 e. The lowest BCUT2D eigenvalue weighted by Gasteiger charge is -2.31. The first-order chi connectivity index (χ1) is 12.1. The van der Waals surface area contributed by atoms with Crippen LogP contribution in [0.4, 0.5) is 11.4 Å². The van der Waals surface area contributed by atoms with Gasteiger partial charge < -0.3 is 5.32 Å². The first-order valence-electron chi connectivity index (χ1n) is 8.26. The molecular weight excluding hydrogens is 416 g/mol. The minimum Gasteiger partial charge on any atom is -0.324 e. The van der Waals surface area contributed by atoms with E-state index in [0.29, 0.717) is 17.8 Å². The zero-order chi connectivity index (χ0) is 19.5. The monoisotopic (exact) mass is 438 g/mol. The highest BCUT2D eigenvalue weighted by atomic mass is 79.9. The molecule has 0 heterocycles. The van der Waals surface area contributed by atoms with Crippen molar-refractivity contribution in [3.05, 3.63) is 58.1 Å². The summed E-state index contributed by atoms with van der Waals surface area (Å²) in [5.41, 5.74) is 2.87. The van der Waals surface area contributed by atoms with Gasteiger partial charge in [0.15, 0.2) is 0 Å². The quantitative estimate of drug-likeness (QED) is 0.732. The third-order valence-corrected chi connectivity index (χ3v) is 5.68. The molecule has 0 spiro atoms. The van der Waals surface area contributed by atoms with Crippen LogP contribution in [0.5, 0.6) is 0 Å². The van der Waals surface area contributed by atoms with Crippen molar-refractivity contribution in [1.29, 1.82) is 0 Å². The van der Waals surface area contributed by atoms with E-state index in [2.05, 4.69) is 21.2 Å². The number of sulfonamides is 1. The van der Waals surface area contributed by atoms with Crippen molar-refractivity contribution in [3.8, 4) is 0 Å². The summed E-state index contributed by atoms with van der Waals surface area (Å²) in [6.07, 6.45) is 1.48. The average molecular weight is 439 g/mol. The van der Waals surface area contributed by atoms with Gasteiger partial charge in [0.25, 0.3) is 0 Å². The van der Waals surface area contributed by atoms with Crippen LogP contribution in [-0.4, -0.2) is 26.6 Å². The second-order valence-electron chi connectivity index (χ2n) is 6.27. The molecule has 0 saturated heterocycles. The number of nitrogens with one attached hydrogen (secondary N) is 1. The van der Waals surface area contributed by atoms with Crippen LogP contribution >= 0.6 is 15.9 Å². The third kappa shape index (κ3) is 4.86. The smallest absolute Gasteiger partial charge is 0.248 e. The normalized spacial score (nSPS) is 12.5. The number of halogens is 1. The summed E-state index contributed by atoms with van der Waals surface area (Å²) < 4.78 is 27.1. The third-order valence-electron chi connectivity index (χ3n) is 4.02. The minimum absolute atomic E-state index is 0.348. The highest BCUT2D eigenvalue weighted by Gasteiger charge is 2.32. The number of aryl methyl sites for hydroxylation is 2. The number of carbonyl (C=O) groups is 1. The Kier molecular flexibility index (Phi) is 6.47. The molecule has 0 aliphatic rings. The zero-order valence-corrected chi connectivity index (χ0v) is 17.7. The van der Waals surface area contributed by atoms with E-state index in [9.17, 15) is 13.2 Å². The van der Waals surface area contributed by atoms with Gasteiger partial charge >= 0.3 is 0 Å². The molecule has 0 saturated carbocycles.